The first-order chi connectivity index (χ1) is 13.9. The van der Waals surface area contributed by atoms with Gasteiger partial charge in [-0.15, -0.1) is 0 Å². The third-order valence-electron chi connectivity index (χ3n) is 5.63. The summed E-state index contributed by atoms with van der Waals surface area (Å²) in [4.78, 5) is 26.5. The minimum absolute atomic E-state index is 0.0306. The van der Waals surface area contributed by atoms with Crippen LogP contribution in [0.2, 0.25) is 0 Å². The van der Waals surface area contributed by atoms with Gasteiger partial charge in [-0.25, -0.2) is 9.97 Å². The summed E-state index contributed by atoms with van der Waals surface area (Å²) in [7, 11) is 0. The number of aromatic nitrogens is 3. The highest BCUT2D eigenvalue weighted by Gasteiger charge is 2.35. The Morgan fingerprint density at radius 3 is 2.59 bits per heavy atom. The van der Waals surface area contributed by atoms with E-state index >= 15 is 0 Å². The summed E-state index contributed by atoms with van der Waals surface area (Å²) in [5, 5.41) is 3.26. The second-order valence-corrected chi connectivity index (χ2v) is 8.57. The molecule has 3 aromatic rings. The van der Waals surface area contributed by atoms with Gasteiger partial charge < -0.3 is 5.32 Å². The van der Waals surface area contributed by atoms with Crippen molar-refractivity contribution in [2.45, 2.75) is 45.6 Å². The Morgan fingerprint density at radius 1 is 1.14 bits per heavy atom. The third-order valence-corrected chi connectivity index (χ3v) is 5.63. The van der Waals surface area contributed by atoms with Gasteiger partial charge in [0.1, 0.15) is 0 Å². The Morgan fingerprint density at radius 2 is 1.86 bits per heavy atom. The van der Waals surface area contributed by atoms with E-state index in [9.17, 15) is 4.79 Å². The van der Waals surface area contributed by atoms with Crippen LogP contribution in [0.5, 0.6) is 0 Å². The van der Waals surface area contributed by atoms with Gasteiger partial charge in [-0.1, -0.05) is 44.2 Å². The average Bonchev–Trinajstić information content (AvgIpc) is 2.73. The number of carbonyl (C=O) groups excluding carboxylic acids is 1. The summed E-state index contributed by atoms with van der Waals surface area (Å²) in [6.45, 7) is 6.40. The lowest BCUT2D eigenvalue weighted by atomic mass is 9.74. The molecule has 0 spiro atoms. The molecule has 2 heterocycles. The molecule has 4 rings (SSSR count). The fourth-order valence-corrected chi connectivity index (χ4v) is 4.01. The lowest BCUT2D eigenvalue weighted by Crippen LogP contribution is -2.38. The monoisotopic (exact) mass is 386 g/mol. The van der Waals surface area contributed by atoms with E-state index in [-0.39, 0.29) is 23.3 Å². The van der Waals surface area contributed by atoms with Crippen LogP contribution >= 0.6 is 0 Å². The maximum atomic E-state index is 13.0. The molecule has 0 aliphatic heterocycles. The predicted molar refractivity (Wildman–Crippen MR) is 113 cm³/mol. The molecule has 1 aliphatic rings. The summed E-state index contributed by atoms with van der Waals surface area (Å²) < 4.78 is 0. The van der Waals surface area contributed by atoms with Crippen molar-refractivity contribution in [3.05, 3.63) is 77.9 Å². The lowest BCUT2D eigenvalue weighted by Gasteiger charge is -2.37. The van der Waals surface area contributed by atoms with Crippen LogP contribution < -0.4 is 5.32 Å². The van der Waals surface area contributed by atoms with Crippen molar-refractivity contribution < 1.29 is 4.79 Å². The van der Waals surface area contributed by atoms with E-state index in [0.29, 0.717) is 5.82 Å². The van der Waals surface area contributed by atoms with Gasteiger partial charge in [0.15, 0.2) is 5.82 Å². The average molecular weight is 386 g/mol. The predicted octanol–water partition coefficient (Wildman–Crippen LogP) is 4.47. The third kappa shape index (κ3) is 4.19. The quantitative estimate of drug-likeness (QED) is 0.718. The van der Waals surface area contributed by atoms with Crippen LogP contribution in [0.1, 0.15) is 56.0 Å². The first-order valence-corrected chi connectivity index (χ1v) is 10.0. The van der Waals surface area contributed by atoms with Crippen molar-refractivity contribution in [2.24, 2.45) is 5.41 Å². The zero-order chi connectivity index (χ0) is 20.4. The van der Waals surface area contributed by atoms with E-state index in [1.807, 2.05) is 55.6 Å². The Bertz CT molecular complexity index is 1000. The summed E-state index contributed by atoms with van der Waals surface area (Å²) in [6.07, 6.45) is 7.10. The number of nitrogens with zero attached hydrogens (tertiary/aromatic N) is 3. The van der Waals surface area contributed by atoms with Gasteiger partial charge in [0.25, 0.3) is 0 Å². The van der Waals surface area contributed by atoms with Gasteiger partial charge >= 0.3 is 0 Å². The van der Waals surface area contributed by atoms with Gasteiger partial charge in [0.05, 0.1) is 17.7 Å². The SMILES string of the molecule is C[C@H](C(=O)N[C@@H]1CC(C)(C)Cc2nc(-c3ccncc3)ncc21)c1ccccc1. The number of hydrogen-bond acceptors (Lipinski definition) is 4. The molecule has 0 saturated carbocycles. The summed E-state index contributed by atoms with van der Waals surface area (Å²) in [6, 6.07) is 13.6. The normalized spacial score (nSPS) is 18.5. The molecule has 1 aromatic carbocycles. The van der Waals surface area contributed by atoms with Gasteiger partial charge in [-0.3, -0.25) is 9.78 Å². The smallest absolute Gasteiger partial charge is 0.227 e. The number of carbonyl (C=O) groups is 1. The molecule has 29 heavy (non-hydrogen) atoms. The molecule has 1 N–H and O–H groups in total. The van der Waals surface area contributed by atoms with Crippen LogP contribution in [0, 0.1) is 5.41 Å². The second kappa shape index (κ2) is 7.74. The molecule has 1 aliphatic carbocycles. The Labute approximate surface area is 171 Å². The number of fused-ring (bicyclic) bond motifs is 1. The number of rotatable bonds is 4. The first kappa shape index (κ1) is 19.2. The number of nitrogens with one attached hydrogen (secondary N) is 1. The molecule has 1 amide bonds. The molecule has 0 saturated heterocycles. The van der Waals surface area contributed by atoms with E-state index in [1.165, 1.54) is 0 Å². The van der Waals surface area contributed by atoms with Crippen LogP contribution in [-0.4, -0.2) is 20.9 Å². The minimum Gasteiger partial charge on any atom is -0.349 e. The maximum absolute atomic E-state index is 13.0. The maximum Gasteiger partial charge on any atom is 0.227 e. The van der Waals surface area contributed by atoms with Crippen molar-refractivity contribution in [1.29, 1.82) is 0 Å². The zero-order valence-electron chi connectivity index (χ0n) is 17.1. The van der Waals surface area contributed by atoms with Crippen molar-refractivity contribution >= 4 is 5.91 Å². The zero-order valence-corrected chi connectivity index (χ0v) is 17.1. The minimum atomic E-state index is -0.207. The molecule has 2 atom stereocenters. The summed E-state index contributed by atoms with van der Waals surface area (Å²) >= 11 is 0. The van der Waals surface area contributed by atoms with Crippen LogP contribution in [0.25, 0.3) is 11.4 Å². The first-order valence-electron chi connectivity index (χ1n) is 10.0. The van der Waals surface area contributed by atoms with E-state index in [2.05, 4.69) is 29.1 Å². The van der Waals surface area contributed by atoms with Gasteiger partial charge in [0, 0.05) is 29.7 Å². The standard InChI is InChI=1S/C24H26N4O/c1-16(17-7-5-4-6-8-17)23(29)28-21-14-24(2,3)13-20-19(21)15-26-22(27-20)18-9-11-25-12-10-18/h4-12,15-16,21H,13-14H2,1-3H3,(H,28,29)/t16-,21+/m0/s1. The van der Waals surface area contributed by atoms with E-state index < -0.39 is 0 Å². The molecular weight excluding hydrogens is 360 g/mol. The van der Waals surface area contributed by atoms with Crippen LogP contribution in [-0.2, 0) is 11.2 Å². The van der Waals surface area contributed by atoms with Crippen molar-refractivity contribution in [3.63, 3.8) is 0 Å². The van der Waals surface area contributed by atoms with Crippen LogP contribution in [0.15, 0.2) is 61.1 Å². The highest BCUT2D eigenvalue weighted by Crippen LogP contribution is 2.40. The number of hydrogen-bond donors (Lipinski definition) is 1. The topological polar surface area (TPSA) is 67.8 Å². The van der Waals surface area contributed by atoms with Crippen molar-refractivity contribution in [3.8, 4) is 11.4 Å². The fraction of sp³-hybridized carbons (Fsp3) is 0.333. The fourth-order valence-electron chi connectivity index (χ4n) is 4.01. The molecule has 0 radical (unpaired) electrons. The molecule has 0 bridgehead atoms. The van der Waals surface area contributed by atoms with Crippen LogP contribution in [0.4, 0.5) is 0 Å². The van der Waals surface area contributed by atoms with Gasteiger partial charge in [-0.2, -0.15) is 0 Å². The summed E-state index contributed by atoms with van der Waals surface area (Å²) in [5.41, 5.74) is 4.05. The Hall–Kier alpha value is -3.08. The van der Waals surface area contributed by atoms with Gasteiger partial charge in [-0.05, 0) is 42.9 Å². The van der Waals surface area contributed by atoms with E-state index in [1.54, 1.807) is 12.4 Å². The molecule has 0 unspecified atom stereocenters. The number of benzene rings is 1. The van der Waals surface area contributed by atoms with E-state index in [0.717, 1.165) is 35.2 Å². The largest absolute Gasteiger partial charge is 0.349 e. The van der Waals surface area contributed by atoms with Gasteiger partial charge in [0.2, 0.25) is 5.91 Å². The summed E-state index contributed by atoms with van der Waals surface area (Å²) in [5.74, 6) is 0.524. The Balaban J connectivity index is 1.61. The van der Waals surface area contributed by atoms with Crippen molar-refractivity contribution in [2.75, 3.05) is 0 Å². The van der Waals surface area contributed by atoms with Crippen LogP contribution in [0.3, 0.4) is 0 Å². The molecular formula is C24H26N4O. The lowest BCUT2D eigenvalue weighted by molar-refractivity contribution is -0.123. The molecule has 5 nitrogen and oxygen atoms in total. The Kier molecular flexibility index (Phi) is 5.14. The second-order valence-electron chi connectivity index (χ2n) is 8.57. The number of amides is 1. The molecule has 2 aromatic heterocycles. The highest BCUT2D eigenvalue weighted by atomic mass is 16.1. The number of pyridine rings is 1. The molecule has 148 valence electrons. The molecule has 5 heteroatoms. The molecule has 0 fully saturated rings. The van der Waals surface area contributed by atoms with Crippen molar-refractivity contribution in [1.82, 2.24) is 20.3 Å². The highest BCUT2D eigenvalue weighted by molar-refractivity contribution is 5.83. The van der Waals surface area contributed by atoms with E-state index in [4.69, 9.17) is 4.98 Å².